The van der Waals surface area contributed by atoms with Crippen LogP contribution >= 0.6 is 0 Å². The largest absolute Gasteiger partial charge is 0.433 e. The van der Waals surface area contributed by atoms with Crippen LogP contribution in [0.15, 0.2) is 36.7 Å². The Morgan fingerprint density at radius 1 is 1.18 bits per heavy atom. The molecule has 0 radical (unpaired) electrons. The summed E-state index contributed by atoms with van der Waals surface area (Å²) in [6.07, 6.45) is -0.304. The molecule has 0 amide bonds. The number of rotatable bonds is 3. The van der Waals surface area contributed by atoms with Gasteiger partial charge in [0.2, 0.25) is 0 Å². The van der Waals surface area contributed by atoms with Gasteiger partial charge in [0.05, 0.1) is 17.4 Å². The zero-order valence-electron chi connectivity index (χ0n) is 15.0. The van der Waals surface area contributed by atoms with Gasteiger partial charge in [0.25, 0.3) is 0 Å². The van der Waals surface area contributed by atoms with Gasteiger partial charge < -0.3 is 5.32 Å². The number of nitrogens with one attached hydrogen (secondary N) is 1. The molecular formula is C19H17F4N5. The lowest BCUT2D eigenvalue weighted by Crippen LogP contribution is -2.22. The van der Waals surface area contributed by atoms with Crippen LogP contribution in [0.1, 0.15) is 35.8 Å². The first-order valence-corrected chi connectivity index (χ1v) is 8.81. The van der Waals surface area contributed by atoms with Gasteiger partial charge in [0.15, 0.2) is 0 Å². The average Bonchev–Trinajstić information content (AvgIpc) is 3.10. The lowest BCUT2D eigenvalue weighted by Gasteiger charge is -2.25. The standard InChI is InChI=1S/C19H17F4N5/c1-11-10-25-18(8-13(11)20)26-14-3-2-6-28-16(14)9-15(27-28)12-4-5-24-17(7-12)19(21,22)23/h4-5,7-10,14H,2-3,6H2,1H3,(H,25,26). The number of fused-ring (bicyclic) bond motifs is 1. The number of alkyl halides is 3. The first kappa shape index (κ1) is 18.4. The lowest BCUT2D eigenvalue weighted by atomic mass is 10.0. The summed E-state index contributed by atoms with van der Waals surface area (Å²) in [7, 11) is 0. The van der Waals surface area contributed by atoms with Crippen LogP contribution in [0.5, 0.6) is 0 Å². The van der Waals surface area contributed by atoms with Crippen LogP contribution in [0.4, 0.5) is 23.4 Å². The molecule has 146 valence electrons. The molecule has 0 aliphatic carbocycles. The van der Waals surface area contributed by atoms with Crippen molar-refractivity contribution in [3.05, 3.63) is 59.4 Å². The molecule has 0 aromatic carbocycles. The van der Waals surface area contributed by atoms with Gasteiger partial charge in [-0.1, -0.05) is 0 Å². The molecule has 3 aromatic rings. The number of pyridine rings is 2. The summed E-state index contributed by atoms with van der Waals surface area (Å²) in [5.41, 5.74) is 1.13. The summed E-state index contributed by atoms with van der Waals surface area (Å²) in [6.45, 7) is 2.30. The third-order valence-corrected chi connectivity index (χ3v) is 4.74. The number of halogens is 4. The molecule has 0 spiro atoms. The molecule has 1 N–H and O–H groups in total. The van der Waals surface area contributed by atoms with Gasteiger partial charge in [-0.15, -0.1) is 0 Å². The summed E-state index contributed by atoms with van der Waals surface area (Å²) in [6, 6.07) is 5.44. The molecule has 1 unspecified atom stereocenters. The average molecular weight is 391 g/mol. The maximum atomic E-state index is 13.8. The van der Waals surface area contributed by atoms with Crippen LogP contribution < -0.4 is 5.32 Å². The second-order valence-corrected chi connectivity index (χ2v) is 6.76. The van der Waals surface area contributed by atoms with Crippen LogP contribution in [0.25, 0.3) is 11.3 Å². The van der Waals surface area contributed by atoms with Crippen molar-refractivity contribution in [1.82, 2.24) is 19.7 Å². The molecule has 0 saturated carbocycles. The van der Waals surface area contributed by atoms with Gasteiger partial charge in [-0.25, -0.2) is 9.37 Å². The number of hydrogen-bond donors (Lipinski definition) is 1. The van der Waals surface area contributed by atoms with Gasteiger partial charge in [-0.05, 0) is 38.0 Å². The highest BCUT2D eigenvalue weighted by molar-refractivity contribution is 5.60. The minimum atomic E-state index is -4.51. The van der Waals surface area contributed by atoms with E-state index in [1.54, 1.807) is 17.7 Å². The number of anilines is 1. The van der Waals surface area contributed by atoms with Crippen LogP contribution in [0, 0.1) is 12.7 Å². The number of hydrogen-bond acceptors (Lipinski definition) is 4. The third-order valence-electron chi connectivity index (χ3n) is 4.74. The zero-order valence-corrected chi connectivity index (χ0v) is 15.0. The fourth-order valence-electron chi connectivity index (χ4n) is 3.27. The Hall–Kier alpha value is -2.97. The maximum Gasteiger partial charge on any atom is 0.433 e. The van der Waals surface area contributed by atoms with E-state index >= 15 is 0 Å². The number of aromatic nitrogens is 4. The molecule has 28 heavy (non-hydrogen) atoms. The van der Waals surface area contributed by atoms with Crippen LogP contribution in [0.3, 0.4) is 0 Å². The number of aryl methyl sites for hydroxylation is 2. The van der Waals surface area contributed by atoms with Crippen LogP contribution in [-0.4, -0.2) is 19.7 Å². The van der Waals surface area contributed by atoms with Gasteiger partial charge in [-0.2, -0.15) is 18.3 Å². The minimum absolute atomic E-state index is 0.159. The summed E-state index contributed by atoms with van der Waals surface area (Å²) in [5.74, 6) is 0.0616. The molecule has 1 aliphatic rings. The third kappa shape index (κ3) is 3.56. The van der Waals surface area contributed by atoms with Crippen molar-refractivity contribution in [1.29, 1.82) is 0 Å². The van der Waals surface area contributed by atoms with E-state index in [2.05, 4.69) is 20.4 Å². The second-order valence-electron chi connectivity index (χ2n) is 6.76. The molecule has 9 heteroatoms. The number of nitrogens with zero attached hydrogens (tertiary/aromatic N) is 4. The van der Waals surface area contributed by atoms with E-state index in [0.29, 0.717) is 29.2 Å². The lowest BCUT2D eigenvalue weighted by molar-refractivity contribution is -0.141. The SMILES string of the molecule is Cc1cnc(NC2CCCn3nc(-c4ccnc(C(F)(F)F)c4)cc32)cc1F. The summed E-state index contributed by atoms with van der Waals surface area (Å²) < 4.78 is 54.4. The van der Waals surface area contributed by atoms with Crippen molar-refractivity contribution < 1.29 is 17.6 Å². The molecule has 1 aliphatic heterocycles. The first-order chi connectivity index (χ1) is 13.3. The molecule has 0 bridgehead atoms. The first-order valence-electron chi connectivity index (χ1n) is 8.81. The highest BCUT2D eigenvalue weighted by Gasteiger charge is 2.33. The molecular weight excluding hydrogens is 374 g/mol. The monoisotopic (exact) mass is 391 g/mol. The van der Waals surface area contributed by atoms with E-state index in [0.717, 1.165) is 30.8 Å². The van der Waals surface area contributed by atoms with Crippen molar-refractivity contribution in [3.63, 3.8) is 0 Å². The van der Waals surface area contributed by atoms with E-state index in [1.807, 2.05) is 0 Å². The molecule has 5 nitrogen and oxygen atoms in total. The Labute approximate surface area is 158 Å². The van der Waals surface area contributed by atoms with Crippen LogP contribution in [0.2, 0.25) is 0 Å². The van der Waals surface area contributed by atoms with E-state index < -0.39 is 11.9 Å². The van der Waals surface area contributed by atoms with Gasteiger partial charge in [-0.3, -0.25) is 9.67 Å². The van der Waals surface area contributed by atoms with Crippen LogP contribution in [-0.2, 0) is 12.7 Å². The molecule has 1 atom stereocenters. The summed E-state index contributed by atoms with van der Waals surface area (Å²) in [5, 5.41) is 7.66. The fourth-order valence-corrected chi connectivity index (χ4v) is 3.27. The quantitative estimate of drug-likeness (QED) is 0.655. The Balaban J connectivity index is 1.64. The van der Waals surface area contributed by atoms with E-state index in [9.17, 15) is 17.6 Å². The normalized spacial score (nSPS) is 16.7. The predicted octanol–water partition coefficient (Wildman–Crippen LogP) is 4.75. The second kappa shape index (κ2) is 6.88. The smallest absolute Gasteiger partial charge is 0.362 e. The Kier molecular flexibility index (Phi) is 4.52. The maximum absolute atomic E-state index is 13.8. The van der Waals surface area contributed by atoms with E-state index in [4.69, 9.17) is 0 Å². The van der Waals surface area contributed by atoms with E-state index in [-0.39, 0.29) is 11.9 Å². The molecule has 3 aromatic heterocycles. The highest BCUT2D eigenvalue weighted by atomic mass is 19.4. The molecule has 4 rings (SSSR count). The predicted molar refractivity (Wildman–Crippen MR) is 95.0 cm³/mol. The van der Waals surface area contributed by atoms with E-state index in [1.165, 1.54) is 18.3 Å². The zero-order chi connectivity index (χ0) is 19.9. The molecule has 4 heterocycles. The minimum Gasteiger partial charge on any atom is -0.362 e. The Morgan fingerprint density at radius 2 is 2.00 bits per heavy atom. The highest BCUT2D eigenvalue weighted by Crippen LogP contribution is 2.33. The molecule has 0 fully saturated rings. The van der Waals surface area contributed by atoms with Crippen molar-refractivity contribution in [2.24, 2.45) is 0 Å². The molecule has 0 saturated heterocycles. The van der Waals surface area contributed by atoms with Crippen molar-refractivity contribution in [2.75, 3.05) is 5.32 Å². The Morgan fingerprint density at radius 3 is 2.75 bits per heavy atom. The van der Waals surface area contributed by atoms with Gasteiger partial charge >= 0.3 is 6.18 Å². The summed E-state index contributed by atoms with van der Waals surface area (Å²) in [4.78, 5) is 7.58. The van der Waals surface area contributed by atoms with Gasteiger partial charge in [0, 0.05) is 36.1 Å². The topological polar surface area (TPSA) is 55.6 Å². The fraction of sp³-hybridized carbons (Fsp3) is 0.316. The van der Waals surface area contributed by atoms with Crippen molar-refractivity contribution in [2.45, 2.75) is 38.5 Å². The Bertz CT molecular complexity index is 1010. The van der Waals surface area contributed by atoms with Crippen molar-refractivity contribution >= 4 is 5.82 Å². The summed E-state index contributed by atoms with van der Waals surface area (Å²) >= 11 is 0. The van der Waals surface area contributed by atoms with Crippen molar-refractivity contribution in [3.8, 4) is 11.3 Å². The van der Waals surface area contributed by atoms with Gasteiger partial charge in [0.1, 0.15) is 17.3 Å².